The largest absolute Gasteiger partial charge is 0.464 e. The van der Waals surface area contributed by atoms with E-state index in [0.29, 0.717) is 12.4 Å². The lowest BCUT2D eigenvalue weighted by molar-refractivity contribution is -0.137. The van der Waals surface area contributed by atoms with Gasteiger partial charge in [-0.05, 0) is 19.1 Å². The van der Waals surface area contributed by atoms with Crippen molar-refractivity contribution in [2.75, 3.05) is 6.61 Å². The zero-order chi connectivity index (χ0) is 14.2. The van der Waals surface area contributed by atoms with Gasteiger partial charge in [-0.2, -0.15) is 0 Å². The second-order valence-electron chi connectivity index (χ2n) is 3.91. The second kappa shape index (κ2) is 7.09. The lowest BCUT2D eigenvalue weighted by atomic mass is 10.1. The van der Waals surface area contributed by atoms with Crippen LogP contribution in [0.3, 0.4) is 0 Å². The topological polar surface area (TPSA) is 48.4 Å². The van der Waals surface area contributed by atoms with Gasteiger partial charge in [-0.15, -0.1) is 0 Å². The van der Waals surface area contributed by atoms with Gasteiger partial charge in [-0.1, -0.05) is 24.3 Å². The molecule has 0 spiro atoms. The first kappa shape index (κ1) is 13.8. The van der Waals surface area contributed by atoms with Crippen molar-refractivity contribution in [3.05, 3.63) is 61.1 Å². The summed E-state index contributed by atoms with van der Waals surface area (Å²) in [5, 5.41) is 0. The quantitative estimate of drug-likeness (QED) is 0.475. The zero-order valence-corrected chi connectivity index (χ0v) is 11.2. The smallest absolute Gasteiger partial charge is 0.333 e. The predicted molar refractivity (Wildman–Crippen MR) is 76.1 cm³/mol. The Balaban J connectivity index is 2.15. The molecule has 0 unspecified atom stereocenters. The molecule has 0 saturated heterocycles. The van der Waals surface area contributed by atoms with E-state index in [0.717, 1.165) is 11.1 Å². The molecular formula is C16H15NO3. The third-order valence-corrected chi connectivity index (χ3v) is 2.55. The van der Waals surface area contributed by atoms with Gasteiger partial charge in [0.25, 0.3) is 0 Å². The summed E-state index contributed by atoms with van der Waals surface area (Å²) in [6.45, 7) is 2.10. The Bertz CT molecular complexity index is 594. The molecule has 1 aromatic carbocycles. The molecule has 0 amide bonds. The summed E-state index contributed by atoms with van der Waals surface area (Å²) < 4.78 is 10.3. The van der Waals surface area contributed by atoms with Crippen LogP contribution in [0.2, 0.25) is 0 Å². The summed E-state index contributed by atoms with van der Waals surface area (Å²) in [7, 11) is 0. The molecule has 0 fully saturated rings. The van der Waals surface area contributed by atoms with Gasteiger partial charge in [0, 0.05) is 23.5 Å². The zero-order valence-electron chi connectivity index (χ0n) is 11.2. The monoisotopic (exact) mass is 269 g/mol. The standard InChI is InChI=1S/C16H15NO3/c1-2-19-16(18)9-11-20-15-8-4-3-7-14(15)13-6-5-10-17-12-13/h3-12H,2H2,1H3/b11-9+. The normalized spacial score (nSPS) is 10.4. The van der Waals surface area contributed by atoms with E-state index in [1.165, 1.54) is 12.3 Å². The van der Waals surface area contributed by atoms with Crippen LogP contribution in [-0.4, -0.2) is 17.6 Å². The summed E-state index contributed by atoms with van der Waals surface area (Å²) in [6.07, 6.45) is 6.06. The van der Waals surface area contributed by atoms with Crippen molar-refractivity contribution in [1.82, 2.24) is 4.98 Å². The minimum atomic E-state index is -0.425. The van der Waals surface area contributed by atoms with Gasteiger partial charge in [0.15, 0.2) is 0 Å². The Labute approximate surface area is 117 Å². The summed E-state index contributed by atoms with van der Waals surface area (Å²) in [4.78, 5) is 15.3. The lowest BCUT2D eigenvalue weighted by Crippen LogP contribution is -1.99. The van der Waals surface area contributed by atoms with Gasteiger partial charge in [0.1, 0.15) is 5.75 Å². The van der Waals surface area contributed by atoms with Crippen LogP contribution in [-0.2, 0) is 9.53 Å². The van der Waals surface area contributed by atoms with Gasteiger partial charge in [-0.25, -0.2) is 4.79 Å². The molecule has 0 aliphatic heterocycles. The minimum absolute atomic E-state index is 0.343. The molecule has 0 aliphatic carbocycles. The van der Waals surface area contributed by atoms with Crippen molar-refractivity contribution in [3.63, 3.8) is 0 Å². The number of para-hydroxylation sites is 1. The molecule has 0 atom stereocenters. The lowest BCUT2D eigenvalue weighted by Gasteiger charge is -2.07. The van der Waals surface area contributed by atoms with E-state index in [2.05, 4.69) is 4.98 Å². The molecule has 20 heavy (non-hydrogen) atoms. The Morgan fingerprint density at radius 1 is 1.25 bits per heavy atom. The van der Waals surface area contributed by atoms with Crippen LogP contribution in [0.1, 0.15) is 6.92 Å². The van der Waals surface area contributed by atoms with Crippen LogP contribution in [0.4, 0.5) is 0 Å². The second-order valence-corrected chi connectivity index (χ2v) is 3.91. The molecule has 1 aromatic heterocycles. The fraction of sp³-hybridized carbons (Fsp3) is 0.125. The Morgan fingerprint density at radius 3 is 2.85 bits per heavy atom. The number of carbonyl (C=O) groups is 1. The Morgan fingerprint density at radius 2 is 2.10 bits per heavy atom. The minimum Gasteiger partial charge on any atom is -0.464 e. The number of ether oxygens (including phenoxy) is 2. The number of pyridine rings is 1. The number of nitrogens with zero attached hydrogens (tertiary/aromatic N) is 1. The maximum atomic E-state index is 11.2. The molecule has 0 N–H and O–H groups in total. The number of aromatic nitrogens is 1. The van der Waals surface area contributed by atoms with Crippen LogP contribution in [0.5, 0.6) is 5.75 Å². The van der Waals surface area contributed by atoms with Crippen molar-refractivity contribution in [3.8, 4) is 16.9 Å². The molecule has 4 heteroatoms. The average molecular weight is 269 g/mol. The third-order valence-electron chi connectivity index (χ3n) is 2.55. The summed E-state index contributed by atoms with van der Waals surface area (Å²) in [5.74, 6) is 0.229. The van der Waals surface area contributed by atoms with E-state index in [9.17, 15) is 4.79 Å². The van der Waals surface area contributed by atoms with Crippen molar-refractivity contribution >= 4 is 5.97 Å². The van der Waals surface area contributed by atoms with E-state index in [1.807, 2.05) is 36.4 Å². The molecule has 2 rings (SSSR count). The van der Waals surface area contributed by atoms with E-state index in [-0.39, 0.29) is 0 Å². The maximum Gasteiger partial charge on any atom is 0.333 e. The Kier molecular flexibility index (Phi) is 4.89. The predicted octanol–water partition coefficient (Wildman–Crippen LogP) is 3.20. The Hall–Kier alpha value is -2.62. The number of benzene rings is 1. The van der Waals surface area contributed by atoms with Crippen molar-refractivity contribution in [2.24, 2.45) is 0 Å². The highest BCUT2D eigenvalue weighted by atomic mass is 16.5. The van der Waals surface area contributed by atoms with Crippen molar-refractivity contribution in [1.29, 1.82) is 0 Å². The molecule has 0 radical (unpaired) electrons. The first-order chi connectivity index (χ1) is 9.81. The fourth-order valence-electron chi connectivity index (χ4n) is 1.68. The van der Waals surface area contributed by atoms with Gasteiger partial charge < -0.3 is 9.47 Å². The van der Waals surface area contributed by atoms with Crippen LogP contribution in [0.15, 0.2) is 61.1 Å². The first-order valence-corrected chi connectivity index (χ1v) is 6.30. The summed E-state index contributed by atoms with van der Waals surface area (Å²) in [5.41, 5.74) is 1.86. The van der Waals surface area contributed by atoms with E-state index in [4.69, 9.17) is 9.47 Å². The highest BCUT2D eigenvalue weighted by Gasteiger charge is 2.04. The van der Waals surface area contributed by atoms with Gasteiger partial charge >= 0.3 is 5.97 Å². The first-order valence-electron chi connectivity index (χ1n) is 6.30. The van der Waals surface area contributed by atoms with Crippen LogP contribution in [0.25, 0.3) is 11.1 Å². The number of rotatable bonds is 5. The highest BCUT2D eigenvalue weighted by molar-refractivity contribution is 5.81. The third kappa shape index (κ3) is 3.68. The summed E-state index contributed by atoms with van der Waals surface area (Å²) in [6, 6.07) is 11.4. The van der Waals surface area contributed by atoms with E-state index >= 15 is 0 Å². The highest BCUT2D eigenvalue weighted by Crippen LogP contribution is 2.29. The summed E-state index contributed by atoms with van der Waals surface area (Å²) >= 11 is 0. The number of hydrogen-bond donors (Lipinski definition) is 0. The van der Waals surface area contributed by atoms with Crippen LogP contribution >= 0.6 is 0 Å². The molecule has 102 valence electrons. The molecule has 0 aliphatic rings. The number of carbonyl (C=O) groups excluding carboxylic acids is 1. The maximum absolute atomic E-state index is 11.2. The van der Waals surface area contributed by atoms with Crippen molar-refractivity contribution < 1.29 is 14.3 Å². The molecular weight excluding hydrogens is 254 g/mol. The SMILES string of the molecule is CCOC(=O)/C=C/Oc1ccccc1-c1cccnc1. The number of esters is 1. The molecule has 1 heterocycles. The molecule has 0 saturated carbocycles. The van der Waals surface area contributed by atoms with Gasteiger partial charge in [-0.3, -0.25) is 4.98 Å². The average Bonchev–Trinajstić information content (AvgIpc) is 2.49. The molecule has 0 bridgehead atoms. The van der Waals surface area contributed by atoms with Crippen LogP contribution < -0.4 is 4.74 Å². The van der Waals surface area contributed by atoms with Gasteiger partial charge in [0.2, 0.25) is 0 Å². The fourth-order valence-corrected chi connectivity index (χ4v) is 1.68. The number of hydrogen-bond acceptors (Lipinski definition) is 4. The van der Waals surface area contributed by atoms with Gasteiger partial charge in [0.05, 0.1) is 18.9 Å². The van der Waals surface area contributed by atoms with E-state index in [1.54, 1.807) is 19.3 Å². The van der Waals surface area contributed by atoms with Crippen molar-refractivity contribution in [2.45, 2.75) is 6.92 Å². The molecule has 4 nitrogen and oxygen atoms in total. The van der Waals surface area contributed by atoms with E-state index < -0.39 is 5.97 Å². The van der Waals surface area contributed by atoms with Crippen LogP contribution in [0, 0.1) is 0 Å². The molecule has 2 aromatic rings.